The van der Waals surface area contributed by atoms with Gasteiger partial charge in [-0.1, -0.05) is 296 Å². The van der Waals surface area contributed by atoms with Crippen molar-refractivity contribution in [3.8, 4) is 17.2 Å². The number of carbonyl (C=O) groups excluding carboxylic acids is 13. The van der Waals surface area contributed by atoms with Gasteiger partial charge in [0.05, 0.1) is 47.3 Å². The Morgan fingerprint density at radius 2 is 0.800 bits per heavy atom. The van der Waals surface area contributed by atoms with Gasteiger partial charge in [0.1, 0.15) is 30.0 Å². The molecule has 776 valence electrons. The average Bonchev–Trinajstić information content (AvgIpc) is 0.836. The van der Waals surface area contributed by atoms with Crippen molar-refractivity contribution in [2.45, 2.75) is 225 Å². The van der Waals surface area contributed by atoms with Crippen LogP contribution in [0.5, 0.6) is 17.2 Å². The predicted molar refractivity (Wildman–Crippen MR) is 565 cm³/mol. The van der Waals surface area contributed by atoms with Gasteiger partial charge in [0, 0.05) is 83.3 Å². The number of carbonyl (C=O) groups is 13. The largest absolute Gasteiger partial charge is 0.466 e. The smallest absolute Gasteiger partial charge is 0.335 e. The standard InChI is InChI=1S/2C13H10O2.C12H22O2.C11H20O2.C9H14O2.C9H8O2.C8H14O2.C7H13NO.C7H12O2.C6H10O3.C6H10O2.C5H8O2.C4H7NO.C3H6/c1-2-13(14)15-12-9-5-7-10-6-3-4-8-11(10)12;1-2-13(14)15-12-8-7-10-5-3-4-6-11(10)9-12;1-5-7-8-11(6-2)9-14-12(13)10(3)4;1-4-7-8-10(5-2)9-13-11(12)6-3;2*1-2-9(10)11-8-6-4-3-5-7-8;1-4-5-6-10-8(9)7(2)3;1-3-5-6-8-7(9)4-2;1-3-5-6-9-7(8)4-2;1-5(2)6(8)9-4-3-7;1-4-5(2)6(7)8-3;1-4(2)5(6)7-3;1-3-4(6)5-2;1-3-2/h2*2-9H,1H2;11H,3,5-9H2,1-2,4H3;6,10H,3-5,7-9H2,1-2H3;2,8H,1,3-7H2;2-7H,1H2;2,4-6H2,1,3H3;4H,2-3,5-6H2,1H3,(H,8,9);4H,2-3,5-6H2,1H3;7H,1,3-4H2,2H3;2,4H2,1,3H3;1H2,2-3H3;3H,1H2,2H3,(H,5,6);3H,1H2,2H3. The van der Waals surface area contributed by atoms with Crippen LogP contribution in [0.4, 0.5) is 0 Å². The van der Waals surface area contributed by atoms with Gasteiger partial charge in [0.2, 0.25) is 11.8 Å². The maximum Gasteiger partial charge on any atom is 0.335 e. The molecule has 1 aliphatic carbocycles. The summed E-state index contributed by atoms with van der Waals surface area (Å²) < 4.78 is 52.7. The van der Waals surface area contributed by atoms with Crippen molar-refractivity contribution in [2.75, 3.05) is 67.5 Å². The number of unbranched alkanes of at least 4 members (excludes halogenated alkanes) is 5. The van der Waals surface area contributed by atoms with Crippen molar-refractivity contribution in [2.24, 2.45) is 11.8 Å². The van der Waals surface area contributed by atoms with Crippen molar-refractivity contribution in [1.29, 1.82) is 0 Å². The number of methoxy groups -OCH3 is 2. The number of hydrogen-bond donors (Lipinski definition) is 3. The fraction of sp³-hybridized carbons (Fsp3) is 0.407. The van der Waals surface area contributed by atoms with Gasteiger partial charge in [0.15, 0.2) is 0 Å². The molecule has 0 heterocycles. The van der Waals surface area contributed by atoms with Crippen molar-refractivity contribution in [3.05, 3.63) is 290 Å². The first-order valence-corrected chi connectivity index (χ1v) is 46.6. The van der Waals surface area contributed by atoms with Crippen LogP contribution in [0.2, 0.25) is 0 Å². The second-order valence-corrected chi connectivity index (χ2v) is 29.6. The monoisotopic (exact) mass is 1950 g/mol. The van der Waals surface area contributed by atoms with E-state index in [2.05, 4.69) is 163 Å². The second-order valence-electron chi connectivity index (χ2n) is 29.6. The Morgan fingerprint density at radius 1 is 0.400 bits per heavy atom. The van der Waals surface area contributed by atoms with Gasteiger partial charge < -0.3 is 67.8 Å². The van der Waals surface area contributed by atoms with E-state index in [4.69, 9.17) is 38.3 Å². The maximum absolute atomic E-state index is 11.1. The van der Waals surface area contributed by atoms with Crippen molar-refractivity contribution < 1.29 is 120 Å². The number of allylic oxidation sites excluding steroid dienone is 1. The molecular weight excluding hydrogens is 1790 g/mol. The Hall–Kier alpha value is -14.0. The second kappa shape index (κ2) is 101. The minimum atomic E-state index is -0.455. The highest BCUT2D eigenvalue weighted by Gasteiger charge is 2.17. The van der Waals surface area contributed by atoms with Gasteiger partial charge in [0.25, 0.3) is 0 Å². The molecule has 27 heteroatoms. The molecule has 1 fully saturated rings. The summed E-state index contributed by atoms with van der Waals surface area (Å²) in [5.41, 5.74) is 2.25. The number of fused-ring (bicyclic) bond motifs is 2. The number of aliphatic hydroxyl groups is 1. The van der Waals surface area contributed by atoms with Gasteiger partial charge in [-0.2, -0.15) is 0 Å². The molecule has 140 heavy (non-hydrogen) atoms. The highest BCUT2D eigenvalue weighted by molar-refractivity contribution is 5.94. The zero-order valence-corrected chi connectivity index (χ0v) is 86.6. The number of para-hydroxylation sites is 1. The summed E-state index contributed by atoms with van der Waals surface area (Å²) in [6, 6.07) is 35.6. The Bertz CT molecular complexity index is 4420. The zero-order chi connectivity index (χ0) is 108. The molecule has 0 aliphatic heterocycles. The molecule has 0 aromatic heterocycles. The quantitative estimate of drug-likeness (QED) is 0.00817. The third-order valence-electron chi connectivity index (χ3n) is 17.4. The van der Waals surface area contributed by atoms with E-state index in [1.807, 2.05) is 99.6 Å². The van der Waals surface area contributed by atoms with Crippen LogP contribution < -0.4 is 24.8 Å². The first-order chi connectivity index (χ1) is 66.7. The molecular formula is C113H164N2O25. The Balaban J connectivity index is -0.000000226. The minimum absolute atomic E-state index is 0.0473. The Kier molecular flexibility index (Phi) is 102. The molecule has 5 aromatic carbocycles. The van der Waals surface area contributed by atoms with Crippen LogP contribution in [0.15, 0.2) is 290 Å². The number of benzene rings is 5. The fourth-order valence-corrected chi connectivity index (χ4v) is 9.33. The third-order valence-corrected chi connectivity index (χ3v) is 17.4. The van der Waals surface area contributed by atoms with Crippen LogP contribution in [0, 0.1) is 11.8 Å². The highest BCUT2D eigenvalue weighted by atomic mass is 16.6. The van der Waals surface area contributed by atoms with Crippen LogP contribution in [0.3, 0.4) is 0 Å². The van der Waals surface area contributed by atoms with Crippen molar-refractivity contribution >= 4 is 99.0 Å². The first kappa shape index (κ1) is 141. The third kappa shape index (κ3) is 90.5. The van der Waals surface area contributed by atoms with E-state index in [0.29, 0.717) is 89.8 Å². The molecule has 1 saturated carbocycles. The fourth-order valence-electron chi connectivity index (χ4n) is 9.33. The lowest BCUT2D eigenvalue weighted by molar-refractivity contribution is -0.144. The number of amides is 2. The summed E-state index contributed by atoms with van der Waals surface area (Å²) >= 11 is 0. The lowest BCUT2D eigenvalue weighted by Gasteiger charge is -2.20. The SMILES string of the molecule is C=C(C)C(=O)OC.C=C(C)C(=O)OCC(CC)CCCC.C=C(C)C(=O)OCCCC.C=C(C)C(=O)OCCO.C=C(CC)C(=O)OC.C=CC.C=CC(=O)NC.C=CC(=O)NCCCC.C=CC(=O)OC1CCCCC1.C=CC(=O)OCC(CC)CCCC.C=CC(=O)OCCCC.C=CC(=O)Oc1ccc2ccccc2c1.C=CC(=O)Oc1cccc2ccccc12.C=CC(=O)Oc1ccccc1. The molecule has 2 amide bonds. The highest BCUT2D eigenvalue weighted by Crippen LogP contribution is 2.26. The number of likely N-dealkylation sites (N-methyl/N-ethyl adjacent to an activating group) is 1. The molecule has 0 bridgehead atoms. The summed E-state index contributed by atoms with van der Waals surface area (Å²) in [5.74, 6) is -1.44. The van der Waals surface area contributed by atoms with Crippen molar-refractivity contribution in [3.63, 3.8) is 0 Å². The van der Waals surface area contributed by atoms with Crippen molar-refractivity contribution in [1.82, 2.24) is 10.6 Å². The van der Waals surface area contributed by atoms with Gasteiger partial charge in [-0.3, -0.25) is 9.59 Å². The average molecular weight is 1950 g/mol. The lowest BCUT2D eigenvalue weighted by Crippen LogP contribution is -2.21. The summed E-state index contributed by atoms with van der Waals surface area (Å²) in [6.07, 6.45) is 33.2. The van der Waals surface area contributed by atoms with E-state index in [1.165, 1.54) is 89.5 Å². The molecule has 0 spiro atoms. The molecule has 27 nitrogen and oxygen atoms in total. The molecule has 0 radical (unpaired) electrons. The summed E-state index contributed by atoms with van der Waals surface area (Å²) in [6.45, 7) is 74.8. The molecule has 1 aliphatic rings. The van der Waals surface area contributed by atoms with Crippen LogP contribution in [-0.2, 0) is 100 Å². The maximum atomic E-state index is 11.1. The summed E-state index contributed by atoms with van der Waals surface area (Å²) in [4.78, 5) is 138. The van der Waals surface area contributed by atoms with Gasteiger partial charge in [-0.05, 0) is 169 Å². The van der Waals surface area contributed by atoms with E-state index in [1.54, 1.807) is 77.2 Å². The van der Waals surface area contributed by atoms with Gasteiger partial charge in [-0.15, -0.1) is 6.58 Å². The van der Waals surface area contributed by atoms with E-state index >= 15 is 0 Å². The number of hydrogen-bond acceptors (Lipinski definition) is 25. The Morgan fingerprint density at radius 3 is 1.20 bits per heavy atom. The predicted octanol–water partition coefficient (Wildman–Crippen LogP) is 23.5. The normalized spacial score (nSPS) is 10.2. The molecule has 5 aromatic rings. The molecule has 3 N–H and O–H groups in total. The van der Waals surface area contributed by atoms with Crippen LogP contribution in [0.25, 0.3) is 21.5 Å². The Labute approximate surface area is 835 Å². The lowest BCUT2D eigenvalue weighted by atomic mass is 9.98. The molecule has 2 atom stereocenters. The van der Waals surface area contributed by atoms with Crippen LogP contribution in [-0.4, -0.2) is 156 Å². The number of rotatable bonds is 41. The van der Waals surface area contributed by atoms with E-state index in [9.17, 15) is 62.3 Å². The van der Waals surface area contributed by atoms with Crippen LogP contribution >= 0.6 is 0 Å². The number of aliphatic hydroxyl groups excluding tert-OH is 1. The van der Waals surface area contributed by atoms with Gasteiger partial charge in [-0.25, -0.2) is 52.7 Å². The van der Waals surface area contributed by atoms with E-state index < -0.39 is 23.9 Å². The summed E-state index contributed by atoms with van der Waals surface area (Å²) in [5, 5.41) is 17.4. The molecule has 0 saturated heterocycles. The molecule has 6 rings (SSSR count). The number of esters is 11. The van der Waals surface area contributed by atoms with E-state index in [0.717, 1.165) is 123 Å². The minimum Gasteiger partial charge on any atom is -0.466 e. The summed E-state index contributed by atoms with van der Waals surface area (Å²) in [7, 11) is 4.24. The zero-order valence-electron chi connectivity index (χ0n) is 86.6. The van der Waals surface area contributed by atoms with Crippen LogP contribution in [0.1, 0.15) is 218 Å². The number of ether oxygens (including phenoxy) is 11. The first-order valence-electron chi connectivity index (χ1n) is 46.6. The number of nitrogens with one attached hydrogen (secondary N) is 2. The molecule has 2 unspecified atom stereocenters. The van der Waals surface area contributed by atoms with E-state index in [-0.39, 0.29) is 72.9 Å². The van der Waals surface area contributed by atoms with Gasteiger partial charge >= 0.3 is 65.7 Å². The topological polar surface area (TPSA) is 368 Å².